The van der Waals surface area contributed by atoms with Gasteiger partial charge in [-0.1, -0.05) is 42.5 Å². The summed E-state index contributed by atoms with van der Waals surface area (Å²) < 4.78 is 0. The van der Waals surface area contributed by atoms with Crippen molar-refractivity contribution in [2.75, 3.05) is 5.32 Å². The maximum atomic E-state index is 12.5. The number of aromatic hydroxyl groups is 1. The van der Waals surface area contributed by atoms with Crippen molar-refractivity contribution in [1.29, 1.82) is 0 Å². The van der Waals surface area contributed by atoms with Gasteiger partial charge in [0.25, 0.3) is 11.8 Å². The number of nitrogens with zero attached hydrogens (tertiary/aromatic N) is 1. The van der Waals surface area contributed by atoms with Crippen molar-refractivity contribution in [3.63, 3.8) is 0 Å². The first-order chi connectivity index (χ1) is 15.0. The van der Waals surface area contributed by atoms with Crippen molar-refractivity contribution < 1.29 is 14.7 Å². The van der Waals surface area contributed by atoms with Gasteiger partial charge in [-0.05, 0) is 59.0 Å². The number of hydrogen-bond acceptors (Lipinski definition) is 5. The Hall–Kier alpha value is -3.97. The Bertz CT molecular complexity index is 1280. The van der Waals surface area contributed by atoms with Crippen molar-refractivity contribution in [3.8, 4) is 5.75 Å². The number of phenols is 1. The first-order valence-electron chi connectivity index (χ1n) is 9.53. The van der Waals surface area contributed by atoms with Crippen molar-refractivity contribution in [3.05, 3.63) is 94.2 Å². The lowest BCUT2D eigenvalue weighted by molar-refractivity contribution is 0.0951. The van der Waals surface area contributed by atoms with Crippen molar-refractivity contribution >= 4 is 45.3 Å². The van der Waals surface area contributed by atoms with E-state index in [-0.39, 0.29) is 17.2 Å². The molecule has 0 fully saturated rings. The van der Waals surface area contributed by atoms with Crippen LogP contribution < -0.4 is 10.7 Å². The molecule has 0 unspecified atom stereocenters. The summed E-state index contributed by atoms with van der Waals surface area (Å²) in [5.41, 5.74) is 4.69. The van der Waals surface area contributed by atoms with Crippen LogP contribution in [0.15, 0.2) is 83.3 Å². The zero-order valence-electron chi connectivity index (χ0n) is 16.6. The Morgan fingerprint density at radius 3 is 2.29 bits per heavy atom. The van der Waals surface area contributed by atoms with Crippen LogP contribution >= 0.6 is 11.3 Å². The molecule has 31 heavy (non-hydrogen) atoms. The van der Waals surface area contributed by atoms with E-state index in [0.29, 0.717) is 16.3 Å². The van der Waals surface area contributed by atoms with Gasteiger partial charge >= 0.3 is 0 Å². The summed E-state index contributed by atoms with van der Waals surface area (Å²) in [7, 11) is 0. The standard InChI is InChI=1S/C24H19N3O3S/c1-15(16-8-10-19(11-9-16)25-24(30)22-7-4-12-31-22)26-27-23(29)20-13-17-5-2-3-6-18(17)14-21(20)28/h2-14,28H,1H3,(H,25,30)(H,27,29)/b26-15+. The molecule has 0 aliphatic rings. The third-order valence-corrected chi connectivity index (χ3v) is 5.61. The van der Waals surface area contributed by atoms with Gasteiger partial charge < -0.3 is 10.4 Å². The summed E-state index contributed by atoms with van der Waals surface area (Å²) in [5.74, 6) is -0.757. The molecule has 1 aromatic heterocycles. The van der Waals surface area contributed by atoms with Gasteiger partial charge in [0.15, 0.2) is 0 Å². The molecule has 0 saturated heterocycles. The predicted molar refractivity (Wildman–Crippen MR) is 124 cm³/mol. The van der Waals surface area contributed by atoms with Gasteiger partial charge in [-0.25, -0.2) is 5.43 Å². The average Bonchev–Trinajstić information content (AvgIpc) is 3.32. The smallest absolute Gasteiger partial charge is 0.275 e. The maximum absolute atomic E-state index is 12.5. The molecule has 4 rings (SSSR count). The molecule has 1 heterocycles. The first-order valence-corrected chi connectivity index (χ1v) is 10.4. The zero-order valence-corrected chi connectivity index (χ0v) is 17.4. The van der Waals surface area contributed by atoms with E-state index < -0.39 is 5.91 Å². The van der Waals surface area contributed by atoms with Crippen LogP contribution in [0, 0.1) is 0 Å². The second kappa shape index (κ2) is 8.81. The summed E-state index contributed by atoms with van der Waals surface area (Å²) in [6.45, 7) is 1.76. The van der Waals surface area contributed by atoms with Gasteiger partial charge in [0, 0.05) is 5.69 Å². The normalized spacial score (nSPS) is 11.3. The molecule has 3 aromatic carbocycles. The fourth-order valence-corrected chi connectivity index (χ4v) is 3.68. The number of fused-ring (bicyclic) bond motifs is 1. The molecule has 3 N–H and O–H groups in total. The Labute approximate surface area is 182 Å². The topological polar surface area (TPSA) is 90.8 Å². The van der Waals surface area contributed by atoms with E-state index in [1.54, 1.807) is 37.3 Å². The molecule has 154 valence electrons. The fourth-order valence-electron chi connectivity index (χ4n) is 3.06. The van der Waals surface area contributed by atoms with Crippen LogP contribution in [-0.4, -0.2) is 22.6 Å². The maximum Gasteiger partial charge on any atom is 0.275 e. The van der Waals surface area contributed by atoms with Crippen molar-refractivity contribution in [1.82, 2.24) is 5.43 Å². The molecule has 7 heteroatoms. The highest BCUT2D eigenvalue weighted by Gasteiger charge is 2.12. The highest BCUT2D eigenvalue weighted by atomic mass is 32.1. The number of benzene rings is 3. The lowest BCUT2D eigenvalue weighted by atomic mass is 10.1. The highest BCUT2D eigenvalue weighted by Crippen LogP contribution is 2.25. The Balaban J connectivity index is 1.44. The monoisotopic (exact) mass is 429 g/mol. The van der Waals surface area contributed by atoms with E-state index in [9.17, 15) is 14.7 Å². The van der Waals surface area contributed by atoms with Crippen molar-refractivity contribution in [2.45, 2.75) is 6.92 Å². The van der Waals surface area contributed by atoms with E-state index in [4.69, 9.17) is 0 Å². The largest absolute Gasteiger partial charge is 0.507 e. The van der Waals surface area contributed by atoms with E-state index in [1.165, 1.54) is 11.3 Å². The second-order valence-electron chi connectivity index (χ2n) is 6.86. The number of anilines is 1. The first kappa shape index (κ1) is 20.3. The molecule has 0 atom stereocenters. The molecule has 0 bridgehead atoms. The molecule has 0 spiro atoms. The molecule has 0 saturated carbocycles. The van der Waals surface area contributed by atoms with Crippen LogP contribution in [0.2, 0.25) is 0 Å². The van der Waals surface area contributed by atoms with Crippen LogP contribution in [0.1, 0.15) is 32.5 Å². The van der Waals surface area contributed by atoms with Gasteiger partial charge in [0.1, 0.15) is 5.75 Å². The average molecular weight is 430 g/mol. The number of phenolic OH excluding ortho intramolecular Hbond substituents is 1. The van der Waals surface area contributed by atoms with Gasteiger partial charge in [-0.15, -0.1) is 11.3 Å². The predicted octanol–water partition coefficient (Wildman–Crippen LogP) is 5.01. The van der Waals surface area contributed by atoms with Gasteiger partial charge in [0.05, 0.1) is 16.2 Å². The lowest BCUT2D eigenvalue weighted by Gasteiger charge is -2.08. The fraction of sp³-hybridized carbons (Fsp3) is 0.0417. The summed E-state index contributed by atoms with van der Waals surface area (Å²) in [6, 6.07) is 21.4. The molecule has 0 radical (unpaired) electrons. The number of amides is 2. The molecular formula is C24H19N3O3S. The summed E-state index contributed by atoms with van der Waals surface area (Å²) >= 11 is 1.38. The quantitative estimate of drug-likeness (QED) is 0.308. The van der Waals surface area contributed by atoms with E-state index in [1.807, 2.05) is 47.8 Å². The van der Waals surface area contributed by atoms with Crippen molar-refractivity contribution in [2.24, 2.45) is 5.10 Å². The Morgan fingerprint density at radius 1 is 0.903 bits per heavy atom. The zero-order chi connectivity index (χ0) is 21.8. The number of rotatable bonds is 5. The third-order valence-electron chi connectivity index (χ3n) is 4.74. The molecule has 0 aliphatic carbocycles. The van der Waals surface area contributed by atoms with Crippen LogP contribution in [0.3, 0.4) is 0 Å². The summed E-state index contributed by atoms with van der Waals surface area (Å²) in [6.07, 6.45) is 0. The summed E-state index contributed by atoms with van der Waals surface area (Å²) in [4.78, 5) is 25.3. The number of carbonyl (C=O) groups is 2. The molecule has 2 amide bonds. The Kier molecular flexibility index (Phi) is 5.77. The minimum atomic E-state index is -0.498. The second-order valence-corrected chi connectivity index (χ2v) is 7.81. The van der Waals surface area contributed by atoms with Crippen LogP contribution in [0.4, 0.5) is 5.69 Å². The van der Waals surface area contributed by atoms with E-state index in [2.05, 4.69) is 15.8 Å². The van der Waals surface area contributed by atoms with Gasteiger partial charge in [0.2, 0.25) is 0 Å². The van der Waals surface area contributed by atoms with Crippen LogP contribution in [-0.2, 0) is 0 Å². The Morgan fingerprint density at radius 2 is 1.61 bits per heavy atom. The SMILES string of the molecule is C/C(=N\NC(=O)c1cc2ccccc2cc1O)c1ccc(NC(=O)c2cccs2)cc1. The number of hydrazone groups is 1. The lowest BCUT2D eigenvalue weighted by Crippen LogP contribution is -2.19. The minimum Gasteiger partial charge on any atom is -0.507 e. The molecule has 0 aliphatic heterocycles. The highest BCUT2D eigenvalue weighted by molar-refractivity contribution is 7.12. The number of thiophene rings is 1. The summed E-state index contributed by atoms with van der Waals surface area (Å²) in [5, 5.41) is 20.7. The number of nitrogens with one attached hydrogen (secondary N) is 2. The van der Waals surface area contributed by atoms with E-state index in [0.717, 1.165) is 16.3 Å². The number of carbonyl (C=O) groups excluding carboxylic acids is 2. The molecular weight excluding hydrogens is 410 g/mol. The minimum absolute atomic E-state index is 0.102. The molecule has 6 nitrogen and oxygen atoms in total. The third kappa shape index (κ3) is 4.62. The molecule has 4 aromatic rings. The van der Waals surface area contributed by atoms with E-state index >= 15 is 0 Å². The van der Waals surface area contributed by atoms with Crippen LogP contribution in [0.25, 0.3) is 10.8 Å². The number of hydrogen-bond donors (Lipinski definition) is 3. The van der Waals surface area contributed by atoms with Gasteiger partial charge in [-0.3, -0.25) is 9.59 Å². The van der Waals surface area contributed by atoms with Gasteiger partial charge in [-0.2, -0.15) is 5.10 Å². The van der Waals surface area contributed by atoms with Crippen LogP contribution in [0.5, 0.6) is 5.75 Å².